The zero-order chi connectivity index (χ0) is 12.1. The maximum absolute atomic E-state index is 5.35. The van der Waals surface area contributed by atoms with Crippen LogP contribution in [0.1, 0.15) is 44.9 Å². The van der Waals surface area contributed by atoms with Gasteiger partial charge in [-0.1, -0.05) is 12.8 Å². The summed E-state index contributed by atoms with van der Waals surface area (Å²) >= 11 is 5.35. The molecule has 17 heavy (non-hydrogen) atoms. The van der Waals surface area contributed by atoms with Crippen LogP contribution in [0.25, 0.3) is 0 Å². The molecule has 4 heteroatoms. The molecule has 2 saturated carbocycles. The standard InChI is InChI=1S/C13H24N2OS/c1-16-9-8-13(6-7-13)10-14-12(17)15-11-4-2-3-5-11/h11H,2-10H2,1H3,(H2,14,15,17). The van der Waals surface area contributed by atoms with Crippen molar-refractivity contribution in [3.8, 4) is 0 Å². The van der Waals surface area contributed by atoms with Crippen molar-refractivity contribution in [3.63, 3.8) is 0 Å². The monoisotopic (exact) mass is 256 g/mol. The van der Waals surface area contributed by atoms with Crippen molar-refractivity contribution in [3.05, 3.63) is 0 Å². The summed E-state index contributed by atoms with van der Waals surface area (Å²) in [6.07, 6.45) is 9.02. The Hall–Kier alpha value is -0.350. The van der Waals surface area contributed by atoms with Gasteiger partial charge in [-0.2, -0.15) is 0 Å². The minimum Gasteiger partial charge on any atom is -0.385 e. The number of ether oxygens (including phenoxy) is 1. The van der Waals surface area contributed by atoms with Crippen molar-refractivity contribution in [2.45, 2.75) is 51.0 Å². The minimum absolute atomic E-state index is 0.470. The Kier molecular flexibility index (Phi) is 4.62. The van der Waals surface area contributed by atoms with E-state index in [9.17, 15) is 0 Å². The first kappa shape index (κ1) is 13.1. The highest BCUT2D eigenvalue weighted by atomic mass is 32.1. The molecule has 3 nitrogen and oxygen atoms in total. The van der Waals surface area contributed by atoms with Crippen molar-refractivity contribution >= 4 is 17.3 Å². The highest BCUT2D eigenvalue weighted by Gasteiger charge is 2.41. The van der Waals surface area contributed by atoms with Crippen LogP contribution < -0.4 is 10.6 Å². The summed E-state index contributed by atoms with van der Waals surface area (Å²) in [6, 6.07) is 0.615. The van der Waals surface area contributed by atoms with Gasteiger partial charge >= 0.3 is 0 Å². The number of thiocarbonyl (C=S) groups is 1. The Morgan fingerprint density at radius 2 is 2.06 bits per heavy atom. The van der Waals surface area contributed by atoms with Crippen molar-refractivity contribution in [2.75, 3.05) is 20.3 Å². The van der Waals surface area contributed by atoms with Crippen molar-refractivity contribution in [2.24, 2.45) is 5.41 Å². The molecule has 0 atom stereocenters. The van der Waals surface area contributed by atoms with E-state index >= 15 is 0 Å². The number of hydrogen-bond acceptors (Lipinski definition) is 2. The summed E-state index contributed by atoms with van der Waals surface area (Å²) in [5, 5.41) is 7.66. The molecule has 0 unspecified atom stereocenters. The predicted molar refractivity (Wildman–Crippen MR) is 74.2 cm³/mol. The van der Waals surface area contributed by atoms with E-state index in [1.165, 1.54) is 38.5 Å². The van der Waals surface area contributed by atoms with Crippen LogP contribution in [0, 0.1) is 5.41 Å². The predicted octanol–water partition coefficient (Wildman–Crippen LogP) is 2.21. The van der Waals surface area contributed by atoms with Gasteiger partial charge in [0, 0.05) is 26.3 Å². The van der Waals surface area contributed by atoms with Gasteiger partial charge in [0.25, 0.3) is 0 Å². The van der Waals surface area contributed by atoms with Crippen LogP contribution in [0.4, 0.5) is 0 Å². The first-order valence-corrected chi connectivity index (χ1v) is 7.18. The molecule has 0 bridgehead atoms. The van der Waals surface area contributed by atoms with Crippen LogP contribution in [-0.4, -0.2) is 31.4 Å². The lowest BCUT2D eigenvalue weighted by molar-refractivity contribution is 0.172. The Labute approximate surface area is 110 Å². The lowest BCUT2D eigenvalue weighted by Gasteiger charge is -2.19. The molecule has 2 N–H and O–H groups in total. The molecule has 0 saturated heterocycles. The summed E-state index contributed by atoms with van der Waals surface area (Å²) in [5.74, 6) is 0. The average molecular weight is 256 g/mol. The highest BCUT2D eigenvalue weighted by molar-refractivity contribution is 7.80. The molecule has 0 aliphatic heterocycles. The molecule has 2 fully saturated rings. The second-order valence-corrected chi connectivity index (χ2v) is 5.96. The van der Waals surface area contributed by atoms with Gasteiger partial charge in [0.1, 0.15) is 0 Å². The number of rotatable bonds is 6. The second-order valence-electron chi connectivity index (χ2n) is 5.55. The number of methoxy groups -OCH3 is 1. The van der Waals surface area contributed by atoms with Crippen LogP contribution in [0.5, 0.6) is 0 Å². The van der Waals surface area contributed by atoms with E-state index in [0.717, 1.165) is 24.7 Å². The smallest absolute Gasteiger partial charge is 0.166 e. The van der Waals surface area contributed by atoms with E-state index in [4.69, 9.17) is 17.0 Å². The third-order valence-electron chi connectivity index (χ3n) is 4.11. The van der Waals surface area contributed by atoms with Gasteiger partial charge in [0.05, 0.1) is 0 Å². The van der Waals surface area contributed by atoms with E-state index in [-0.39, 0.29) is 0 Å². The molecule has 98 valence electrons. The van der Waals surface area contributed by atoms with Gasteiger partial charge in [0.2, 0.25) is 0 Å². The Bertz CT molecular complexity index is 260. The van der Waals surface area contributed by atoms with Crippen LogP contribution in [0.3, 0.4) is 0 Å². The summed E-state index contributed by atoms with van der Waals surface area (Å²) in [7, 11) is 1.77. The first-order chi connectivity index (χ1) is 8.24. The second kappa shape index (κ2) is 6.01. The molecule has 0 aromatic carbocycles. The fourth-order valence-corrected chi connectivity index (χ4v) is 2.82. The molecule has 0 aromatic heterocycles. The third-order valence-corrected chi connectivity index (χ3v) is 4.37. The fourth-order valence-electron chi connectivity index (χ4n) is 2.58. The topological polar surface area (TPSA) is 33.3 Å². The molecular weight excluding hydrogens is 232 g/mol. The average Bonchev–Trinajstić information content (AvgIpc) is 2.92. The van der Waals surface area contributed by atoms with E-state index in [2.05, 4.69) is 10.6 Å². The first-order valence-electron chi connectivity index (χ1n) is 6.77. The summed E-state index contributed by atoms with van der Waals surface area (Å²) in [5.41, 5.74) is 0.470. The van der Waals surface area contributed by atoms with Crippen molar-refractivity contribution < 1.29 is 4.74 Å². The molecule has 2 aliphatic carbocycles. The SMILES string of the molecule is COCCC1(CNC(=S)NC2CCCC2)CC1. The Morgan fingerprint density at radius 3 is 2.65 bits per heavy atom. The lowest BCUT2D eigenvalue weighted by atomic mass is 10.0. The molecule has 0 radical (unpaired) electrons. The lowest BCUT2D eigenvalue weighted by Crippen LogP contribution is -2.42. The molecular formula is C13H24N2OS. The van der Waals surface area contributed by atoms with E-state index in [1.807, 2.05) is 0 Å². The number of hydrogen-bond donors (Lipinski definition) is 2. The van der Waals surface area contributed by atoms with Gasteiger partial charge < -0.3 is 15.4 Å². The summed E-state index contributed by atoms with van der Waals surface area (Å²) < 4.78 is 5.16. The van der Waals surface area contributed by atoms with Crippen LogP contribution in [0.2, 0.25) is 0 Å². The van der Waals surface area contributed by atoms with E-state index in [1.54, 1.807) is 7.11 Å². The largest absolute Gasteiger partial charge is 0.385 e. The quantitative estimate of drug-likeness (QED) is 0.714. The summed E-state index contributed by atoms with van der Waals surface area (Å²) in [6.45, 7) is 1.87. The van der Waals surface area contributed by atoms with Gasteiger partial charge in [0.15, 0.2) is 5.11 Å². The minimum atomic E-state index is 0.470. The third kappa shape index (κ3) is 4.11. The van der Waals surface area contributed by atoms with Crippen molar-refractivity contribution in [1.82, 2.24) is 10.6 Å². The van der Waals surface area contributed by atoms with E-state index in [0.29, 0.717) is 11.5 Å². The maximum Gasteiger partial charge on any atom is 0.166 e. The van der Waals surface area contributed by atoms with Crippen LogP contribution in [0.15, 0.2) is 0 Å². The van der Waals surface area contributed by atoms with Gasteiger partial charge in [-0.25, -0.2) is 0 Å². The maximum atomic E-state index is 5.35. The fraction of sp³-hybridized carbons (Fsp3) is 0.923. The molecule has 2 rings (SSSR count). The molecule has 0 amide bonds. The molecule has 0 aromatic rings. The zero-order valence-electron chi connectivity index (χ0n) is 10.8. The summed E-state index contributed by atoms with van der Waals surface area (Å²) in [4.78, 5) is 0. The van der Waals surface area contributed by atoms with Crippen LogP contribution >= 0.6 is 12.2 Å². The van der Waals surface area contributed by atoms with Crippen LogP contribution in [-0.2, 0) is 4.74 Å². The zero-order valence-corrected chi connectivity index (χ0v) is 11.6. The molecule has 0 heterocycles. The Balaban J connectivity index is 1.62. The van der Waals surface area contributed by atoms with Gasteiger partial charge in [-0.05, 0) is 49.7 Å². The Morgan fingerprint density at radius 1 is 1.35 bits per heavy atom. The molecule has 0 spiro atoms. The van der Waals surface area contributed by atoms with E-state index < -0.39 is 0 Å². The van der Waals surface area contributed by atoms with Crippen molar-refractivity contribution in [1.29, 1.82) is 0 Å². The van der Waals surface area contributed by atoms with Gasteiger partial charge in [-0.15, -0.1) is 0 Å². The molecule has 2 aliphatic rings. The highest BCUT2D eigenvalue weighted by Crippen LogP contribution is 2.48. The van der Waals surface area contributed by atoms with Gasteiger partial charge in [-0.3, -0.25) is 0 Å². The number of nitrogens with one attached hydrogen (secondary N) is 2. The normalized spacial score (nSPS) is 22.4.